The molecule has 0 aliphatic rings. The van der Waals surface area contributed by atoms with E-state index in [1.165, 1.54) is 0 Å². The van der Waals surface area contributed by atoms with Crippen LogP contribution in [0.4, 0.5) is 0 Å². The van der Waals surface area contributed by atoms with Crippen LogP contribution in [0.3, 0.4) is 0 Å². The van der Waals surface area contributed by atoms with E-state index in [9.17, 15) is 0 Å². The van der Waals surface area contributed by atoms with E-state index in [0.717, 1.165) is 5.56 Å². The van der Waals surface area contributed by atoms with Gasteiger partial charge in [-0.15, -0.1) is 0 Å². The van der Waals surface area contributed by atoms with Crippen molar-refractivity contribution in [2.75, 3.05) is 0 Å². The number of rotatable bonds is 5. The molecule has 112 valence electrons. The van der Waals surface area contributed by atoms with Gasteiger partial charge in [-0.1, -0.05) is 48.7 Å². The number of nitrogens with zero attached hydrogens (tertiary/aromatic N) is 1. The largest absolute Gasteiger partial charge is 0.437 e. The Kier molecular flexibility index (Phi) is 5.71. The molecule has 1 heterocycles. The van der Waals surface area contributed by atoms with Gasteiger partial charge in [0.1, 0.15) is 10.8 Å². The van der Waals surface area contributed by atoms with Crippen LogP contribution < -0.4 is 10.1 Å². The zero-order valence-corrected chi connectivity index (χ0v) is 13.9. The Morgan fingerprint density at radius 3 is 2.33 bits per heavy atom. The van der Waals surface area contributed by atoms with E-state index in [-0.39, 0.29) is 0 Å². The first-order valence-corrected chi connectivity index (χ1v) is 7.59. The number of nitrogens with one attached hydrogen (secondary N) is 1. The van der Waals surface area contributed by atoms with Crippen molar-refractivity contribution in [1.29, 1.82) is 0 Å². The third kappa shape index (κ3) is 5.04. The molecule has 0 aliphatic heterocycles. The number of pyridine rings is 1. The zero-order valence-electron chi connectivity index (χ0n) is 11.7. The van der Waals surface area contributed by atoms with E-state index in [1.54, 1.807) is 24.4 Å². The topological polar surface area (TPSA) is 34.2 Å². The van der Waals surface area contributed by atoms with Crippen molar-refractivity contribution in [3.8, 4) is 11.6 Å². The van der Waals surface area contributed by atoms with Gasteiger partial charge >= 0.3 is 0 Å². The van der Waals surface area contributed by atoms with Crippen molar-refractivity contribution >= 4 is 34.8 Å². The van der Waals surface area contributed by atoms with Gasteiger partial charge in [-0.3, -0.25) is 0 Å². The van der Waals surface area contributed by atoms with Crippen molar-refractivity contribution < 1.29 is 4.74 Å². The van der Waals surface area contributed by atoms with E-state index in [1.807, 2.05) is 6.07 Å². The molecular formula is C15H15Cl3N2O. The summed E-state index contributed by atoms with van der Waals surface area (Å²) in [6, 6.07) is 7.16. The first-order chi connectivity index (χ1) is 9.94. The number of ether oxygens (including phenoxy) is 1. The highest BCUT2D eigenvalue weighted by molar-refractivity contribution is 6.34. The van der Waals surface area contributed by atoms with Gasteiger partial charge < -0.3 is 10.1 Å². The van der Waals surface area contributed by atoms with Crippen molar-refractivity contribution in [1.82, 2.24) is 10.3 Å². The monoisotopic (exact) mass is 344 g/mol. The van der Waals surface area contributed by atoms with Crippen LogP contribution in [0.25, 0.3) is 0 Å². The summed E-state index contributed by atoms with van der Waals surface area (Å²) in [4.78, 5) is 4.23. The van der Waals surface area contributed by atoms with Crippen LogP contribution in [0.2, 0.25) is 15.1 Å². The molecule has 1 aromatic heterocycles. The lowest BCUT2D eigenvalue weighted by Crippen LogP contribution is -2.21. The minimum Gasteiger partial charge on any atom is -0.437 e. The lowest BCUT2D eigenvalue weighted by Gasteiger charge is -2.10. The highest BCUT2D eigenvalue weighted by Gasteiger charge is 2.08. The number of hydrogen-bond donors (Lipinski definition) is 1. The van der Waals surface area contributed by atoms with Gasteiger partial charge in [-0.05, 0) is 29.8 Å². The van der Waals surface area contributed by atoms with Crippen LogP contribution in [-0.2, 0) is 6.54 Å². The molecule has 0 radical (unpaired) electrons. The van der Waals surface area contributed by atoms with Crippen LogP contribution in [0.15, 0.2) is 30.5 Å². The molecule has 1 N–H and O–H groups in total. The maximum atomic E-state index is 6.19. The van der Waals surface area contributed by atoms with Crippen molar-refractivity contribution in [3.63, 3.8) is 0 Å². The average molecular weight is 346 g/mol. The smallest absolute Gasteiger partial charge is 0.238 e. The van der Waals surface area contributed by atoms with Crippen molar-refractivity contribution in [2.45, 2.75) is 26.4 Å². The molecule has 0 saturated carbocycles. The Hall–Kier alpha value is -1.000. The molecule has 0 atom stereocenters. The predicted octanol–water partition coefficient (Wildman–Crippen LogP) is 5.33. The summed E-state index contributed by atoms with van der Waals surface area (Å²) < 4.78 is 5.62. The fraction of sp³-hybridized carbons (Fsp3) is 0.267. The molecule has 2 aromatic rings. The molecule has 3 nitrogen and oxygen atoms in total. The summed E-state index contributed by atoms with van der Waals surface area (Å²) in [5.74, 6) is 0.818. The number of hydrogen-bond acceptors (Lipinski definition) is 3. The first-order valence-electron chi connectivity index (χ1n) is 6.46. The molecule has 6 heteroatoms. The Morgan fingerprint density at radius 1 is 1.10 bits per heavy atom. The van der Waals surface area contributed by atoms with Gasteiger partial charge in [0.25, 0.3) is 0 Å². The average Bonchev–Trinajstić information content (AvgIpc) is 2.38. The van der Waals surface area contributed by atoms with Crippen LogP contribution in [0, 0.1) is 0 Å². The first kappa shape index (κ1) is 16.4. The third-order valence-corrected chi connectivity index (χ3v) is 3.34. The summed E-state index contributed by atoms with van der Waals surface area (Å²) in [6.45, 7) is 4.86. The van der Waals surface area contributed by atoms with E-state index in [2.05, 4.69) is 24.1 Å². The molecule has 0 aliphatic carbocycles. The van der Waals surface area contributed by atoms with Gasteiger partial charge in [0.15, 0.2) is 0 Å². The highest BCUT2D eigenvalue weighted by atomic mass is 35.5. The minimum atomic E-state index is 0.322. The molecular weight excluding hydrogens is 331 g/mol. The van der Waals surface area contributed by atoms with Gasteiger partial charge in [-0.25, -0.2) is 4.98 Å². The lowest BCUT2D eigenvalue weighted by molar-refractivity contribution is 0.462. The second-order valence-corrected chi connectivity index (χ2v) is 6.15. The molecule has 21 heavy (non-hydrogen) atoms. The van der Waals surface area contributed by atoms with Gasteiger partial charge in [0, 0.05) is 28.8 Å². The van der Waals surface area contributed by atoms with E-state index in [0.29, 0.717) is 39.3 Å². The second kappa shape index (κ2) is 7.32. The lowest BCUT2D eigenvalue weighted by atomic mass is 10.2. The SMILES string of the molecule is CC(C)NCc1cnc(Oc2cc(Cl)cc(Cl)c2)c(Cl)c1. The summed E-state index contributed by atoms with van der Waals surface area (Å²) in [6.07, 6.45) is 1.72. The van der Waals surface area contributed by atoms with E-state index >= 15 is 0 Å². The number of halogens is 3. The molecule has 2 rings (SSSR count). The second-order valence-electron chi connectivity index (χ2n) is 4.87. The normalized spacial score (nSPS) is 11.0. The Balaban J connectivity index is 2.13. The predicted molar refractivity (Wildman–Crippen MR) is 87.8 cm³/mol. The number of aromatic nitrogens is 1. The standard InChI is InChI=1S/C15H15Cl3N2O/c1-9(2)19-7-10-3-14(18)15(20-8-10)21-13-5-11(16)4-12(17)6-13/h3-6,8-9,19H,7H2,1-2H3. The molecule has 0 fully saturated rings. The van der Waals surface area contributed by atoms with Gasteiger partial charge in [0.05, 0.1) is 0 Å². The minimum absolute atomic E-state index is 0.322. The quantitative estimate of drug-likeness (QED) is 0.795. The van der Waals surface area contributed by atoms with E-state index in [4.69, 9.17) is 39.5 Å². The van der Waals surface area contributed by atoms with Crippen LogP contribution in [0.5, 0.6) is 11.6 Å². The van der Waals surface area contributed by atoms with Crippen LogP contribution >= 0.6 is 34.8 Å². The van der Waals surface area contributed by atoms with Gasteiger partial charge in [0.2, 0.25) is 5.88 Å². The van der Waals surface area contributed by atoms with Crippen molar-refractivity contribution in [3.05, 3.63) is 51.1 Å². The maximum Gasteiger partial charge on any atom is 0.238 e. The maximum absolute atomic E-state index is 6.19. The fourth-order valence-electron chi connectivity index (χ4n) is 1.66. The zero-order chi connectivity index (χ0) is 15.4. The molecule has 0 saturated heterocycles. The third-order valence-electron chi connectivity index (χ3n) is 2.63. The summed E-state index contributed by atoms with van der Waals surface area (Å²) in [7, 11) is 0. The summed E-state index contributed by atoms with van der Waals surface area (Å²) in [5.41, 5.74) is 0.991. The Labute approximate surface area is 139 Å². The van der Waals surface area contributed by atoms with Crippen molar-refractivity contribution in [2.24, 2.45) is 0 Å². The van der Waals surface area contributed by atoms with Crippen LogP contribution in [-0.4, -0.2) is 11.0 Å². The molecule has 1 aromatic carbocycles. The Bertz CT molecular complexity index is 612. The van der Waals surface area contributed by atoms with Gasteiger partial charge in [-0.2, -0.15) is 0 Å². The molecule has 0 spiro atoms. The summed E-state index contributed by atoms with van der Waals surface area (Å²) in [5, 5.41) is 4.72. The van der Waals surface area contributed by atoms with Crippen LogP contribution in [0.1, 0.15) is 19.4 Å². The molecule has 0 amide bonds. The highest BCUT2D eigenvalue weighted by Crippen LogP contribution is 2.31. The molecule has 0 unspecified atom stereocenters. The fourth-order valence-corrected chi connectivity index (χ4v) is 2.39. The summed E-state index contributed by atoms with van der Waals surface area (Å²) >= 11 is 18.0. The van der Waals surface area contributed by atoms with E-state index < -0.39 is 0 Å². The Morgan fingerprint density at radius 2 is 1.76 bits per heavy atom. The molecule has 0 bridgehead atoms. The number of benzene rings is 1.